The molecular weight excluding hydrogens is 474 g/mol. The molecule has 0 radical (unpaired) electrons. The quantitative estimate of drug-likeness (QED) is 0.464. The molecule has 0 unspecified atom stereocenters. The minimum Gasteiger partial charge on any atom is -0.384 e. The maximum absolute atomic E-state index is 13.5. The van der Waals surface area contributed by atoms with Gasteiger partial charge >= 0.3 is 0 Å². The molecule has 0 atom stereocenters. The number of nitrogens with one attached hydrogen (secondary N) is 1. The molecule has 9 heteroatoms. The van der Waals surface area contributed by atoms with Crippen molar-refractivity contribution in [1.29, 1.82) is 5.26 Å². The second-order valence-corrected chi connectivity index (χ2v) is 10.0. The fourth-order valence-electron chi connectivity index (χ4n) is 3.59. The van der Waals surface area contributed by atoms with Crippen molar-refractivity contribution in [3.05, 3.63) is 56.9 Å². The molecule has 2 heterocycles. The van der Waals surface area contributed by atoms with Gasteiger partial charge in [0, 0.05) is 30.1 Å². The van der Waals surface area contributed by atoms with Crippen LogP contribution in [-0.4, -0.2) is 36.1 Å². The summed E-state index contributed by atoms with van der Waals surface area (Å²) in [5.41, 5.74) is 3.01. The van der Waals surface area contributed by atoms with E-state index in [4.69, 9.17) is 16.6 Å². The summed E-state index contributed by atoms with van der Waals surface area (Å²) >= 11 is 9.17. The summed E-state index contributed by atoms with van der Waals surface area (Å²) in [5.74, 6) is -0.0399. The summed E-state index contributed by atoms with van der Waals surface area (Å²) < 4.78 is 0. The van der Waals surface area contributed by atoms with Crippen LogP contribution in [0.5, 0.6) is 0 Å². The van der Waals surface area contributed by atoms with Gasteiger partial charge in [-0.3, -0.25) is 9.69 Å². The van der Waals surface area contributed by atoms with Gasteiger partial charge in [-0.1, -0.05) is 36.7 Å². The van der Waals surface area contributed by atoms with Gasteiger partial charge in [-0.25, -0.2) is 4.99 Å². The van der Waals surface area contributed by atoms with Crippen LogP contribution in [-0.2, 0) is 4.79 Å². The summed E-state index contributed by atoms with van der Waals surface area (Å²) in [6.07, 6.45) is 1.85. The predicted molar refractivity (Wildman–Crippen MR) is 139 cm³/mol. The molecule has 4 rings (SSSR count). The van der Waals surface area contributed by atoms with Crippen molar-refractivity contribution in [2.75, 3.05) is 30.4 Å². The number of nitriles is 1. The fourth-order valence-corrected chi connectivity index (χ4v) is 6.10. The number of fused-ring (bicyclic) bond motifs is 1. The van der Waals surface area contributed by atoms with Gasteiger partial charge in [-0.2, -0.15) is 5.26 Å². The Hall–Kier alpha value is -2.60. The van der Waals surface area contributed by atoms with Crippen molar-refractivity contribution in [1.82, 2.24) is 4.90 Å². The van der Waals surface area contributed by atoms with E-state index in [0.717, 1.165) is 40.7 Å². The van der Waals surface area contributed by atoms with Crippen molar-refractivity contribution in [3.63, 3.8) is 0 Å². The summed E-state index contributed by atoms with van der Waals surface area (Å²) in [7, 11) is 1.95. The SMILES string of the molecule is CCCCN1C(=O)C(=C2Sc3ccc(Cl)cc3N2C)SC1=Nc1cc(C#N)ccc1NCC. The largest absolute Gasteiger partial charge is 0.384 e. The molecule has 1 amide bonds. The average Bonchev–Trinajstić information content (AvgIpc) is 3.29. The second kappa shape index (κ2) is 10.1. The van der Waals surface area contributed by atoms with Gasteiger partial charge in [0.05, 0.1) is 33.7 Å². The first-order chi connectivity index (χ1) is 16.0. The number of carbonyl (C=O) groups excluding carboxylic acids is 1. The molecule has 0 aliphatic carbocycles. The number of unbranched alkanes of at least 4 members (excludes halogenated alkanes) is 1. The third-order valence-corrected chi connectivity index (χ3v) is 7.96. The molecular formula is C24H24ClN5OS2. The molecule has 2 aliphatic rings. The van der Waals surface area contributed by atoms with E-state index in [1.54, 1.807) is 28.8 Å². The predicted octanol–water partition coefficient (Wildman–Crippen LogP) is 6.42. The first-order valence-corrected chi connectivity index (χ1v) is 12.8. The molecule has 0 spiro atoms. The number of anilines is 2. The van der Waals surface area contributed by atoms with Crippen molar-refractivity contribution < 1.29 is 4.79 Å². The number of hydrogen-bond donors (Lipinski definition) is 1. The molecule has 2 aromatic rings. The number of aliphatic imine (C=N–C) groups is 1. The Morgan fingerprint density at radius 2 is 2.00 bits per heavy atom. The lowest BCUT2D eigenvalue weighted by molar-refractivity contribution is -0.122. The van der Waals surface area contributed by atoms with E-state index in [1.165, 1.54) is 11.8 Å². The summed E-state index contributed by atoms with van der Waals surface area (Å²) in [6, 6.07) is 13.3. The van der Waals surface area contributed by atoms with E-state index < -0.39 is 0 Å². The van der Waals surface area contributed by atoms with Crippen molar-refractivity contribution >= 4 is 63.3 Å². The van der Waals surface area contributed by atoms with Crippen LogP contribution in [0.3, 0.4) is 0 Å². The third kappa shape index (κ3) is 4.72. The van der Waals surface area contributed by atoms with Gasteiger partial charge in [0.1, 0.15) is 4.91 Å². The highest BCUT2D eigenvalue weighted by atomic mass is 35.5. The summed E-state index contributed by atoms with van der Waals surface area (Å²) in [4.78, 5) is 23.9. The Morgan fingerprint density at radius 1 is 1.18 bits per heavy atom. The maximum atomic E-state index is 13.5. The molecule has 1 fully saturated rings. The van der Waals surface area contributed by atoms with Crippen molar-refractivity contribution in [2.45, 2.75) is 31.6 Å². The second-order valence-electron chi connectivity index (χ2n) is 7.59. The Balaban J connectivity index is 1.76. The number of rotatable bonds is 6. The van der Waals surface area contributed by atoms with Gasteiger partial charge in [0.2, 0.25) is 0 Å². The number of amidine groups is 1. The van der Waals surface area contributed by atoms with Crippen LogP contribution in [0, 0.1) is 11.3 Å². The molecule has 2 aromatic carbocycles. The monoisotopic (exact) mass is 497 g/mol. The number of hydrogen-bond acceptors (Lipinski definition) is 7. The summed E-state index contributed by atoms with van der Waals surface area (Å²) in [6.45, 7) is 5.44. The Labute approximate surface area is 207 Å². The first-order valence-electron chi connectivity index (χ1n) is 10.8. The van der Waals surface area contributed by atoms with E-state index >= 15 is 0 Å². The molecule has 0 bridgehead atoms. The number of benzene rings is 2. The van der Waals surface area contributed by atoms with E-state index in [-0.39, 0.29) is 5.91 Å². The lowest BCUT2D eigenvalue weighted by Gasteiger charge is -2.16. The lowest BCUT2D eigenvalue weighted by atomic mass is 10.2. The standard InChI is InChI=1S/C24H24ClN5OS2/c1-4-6-11-30-22(31)21(23-29(3)19-13-16(25)8-10-20(19)32-23)33-24(30)28-18-12-15(14-26)7-9-17(18)27-5-2/h7-10,12-13,27H,4-6,11H2,1-3H3. The van der Waals surface area contributed by atoms with E-state index in [1.807, 2.05) is 43.1 Å². The molecule has 33 heavy (non-hydrogen) atoms. The number of halogens is 1. The van der Waals surface area contributed by atoms with Crippen LogP contribution in [0.15, 0.2) is 56.2 Å². The topological polar surface area (TPSA) is 71.7 Å². The van der Waals surface area contributed by atoms with Crippen molar-refractivity contribution in [3.8, 4) is 6.07 Å². The van der Waals surface area contributed by atoms with E-state index in [0.29, 0.717) is 32.9 Å². The zero-order valence-corrected chi connectivity index (χ0v) is 21.1. The highest BCUT2D eigenvalue weighted by molar-refractivity contribution is 8.19. The van der Waals surface area contributed by atoms with E-state index in [9.17, 15) is 10.1 Å². The van der Waals surface area contributed by atoms with Crippen LogP contribution < -0.4 is 10.2 Å². The third-order valence-electron chi connectivity index (χ3n) is 5.30. The maximum Gasteiger partial charge on any atom is 0.269 e. The van der Waals surface area contributed by atoms with Gasteiger partial charge in [-0.15, -0.1) is 0 Å². The van der Waals surface area contributed by atoms with Gasteiger partial charge in [0.25, 0.3) is 5.91 Å². The van der Waals surface area contributed by atoms with Gasteiger partial charge < -0.3 is 10.2 Å². The highest BCUT2D eigenvalue weighted by Crippen LogP contribution is 2.50. The molecule has 0 aromatic heterocycles. The van der Waals surface area contributed by atoms with Crippen LogP contribution in [0.2, 0.25) is 5.02 Å². The van der Waals surface area contributed by atoms with Gasteiger partial charge in [-0.05, 0) is 61.5 Å². The molecule has 0 saturated carbocycles. The van der Waals surface area contributed by atoms with Crippen LogP contribution in [0.1, 0.15) is 32.3 Å². The minimum atomic E-state index is -0.0399. The Kier molecular flexibility index (Phi) is 7.23. The molecule has 6 nitrogen and oxygen atoms in total. The van der Waals surface area contributed by atoms with Crippen LogP contribution in [0.4, 0.5) is 17.1 Å². The molecule has 1 saturated heterocycles. The minimum absolute atomic E-state index is 0.0399. The Morgan fingerprint density at radius 3 is 2.73 bits per heavy atom. The molecule has 2 aliphatic heterocycles. The van der Waals surface area contributed by atoms with Gasteiger partial charge in [0.15, 0.2) is 5.17 Å². The number of thioether (sulfide) groups is 2. The highest BCUT2D eigenvalue weighted by Gasteiger charge is 2.39. The normalized spacial score (nSPS) is 18.8. The zero-order valence-electron chi connectivity index (χ0n) is 18.7. The molecule has 170 valence electrons. The fraction of sp³-hybridized carbons (Fsp3) is 0.292. The average molecular weight is 498 g/mol. The summed E-state index contributed by atoms with van der Waals surface area (Å²) in [5, 5.41) is 14.8. The lowest BCUT2D eigenvalue weighted by Crippen LogP contribution is -2.30. The number of carbonyl (C=O) groups is 1. The van der Waals surface area contributed by atoms with Crippen LogP contribution in [0.25, 0.3) is 0 Å². The Bertz CT molecular complexity index is 1200. The number of nitrogens with zero attached hydrogens (tertiary/aromatic N) is 4. The van der Waals surface area contributed by atoms with E-state index in [2.05, 4.69) is 18.3 Å². The van der Waals surface area contributed by atoms with Crippen molar-refractivity contribution in [2.24, 2.45) is 4.99 Å². The number of amides is 1. The van der Waals surface area contributed by atoms with Crippen LogP contribution >= 0.6 is 35.1 Å². The smallest absolute Gasteiger partial charge is 0.269 e. The first kappa shape index (κ1) is 23.6. The zero-order chi connectivity index (χ0) is 23.5. The molecule has 1 N–H and O–H groups in total.